The number of carbonyl (C=O) groups excluding carboxylic acids is 2. The molecule has 196 valence electrons. The number of unbranched alkanes of at least 4 members (excludes halogenated alkanes) is 1. The summed E-state index contributed by atoms with van der Waals surface area (Å²) in [5, 5.41) is 24.3. The van der Waals surface area contributed by atoms with E-state index in [0.29, 0.717) is 12.1 Å². The average molecular weight is 499 g/mol. The topological polar surface area (TPSA) is 128 Å². The standard InChI is InChI=1S/C27H38N4O5/c1-18(33)24-23(17-32)36-31(25(24)26(28)34)16-19-8-6-9-20(14-19)21-10-7-11-22(15-21)27(35)29-12-4-5-13-30(2)3/h6-11,14-15,18,23-25,32-33H,4-5,12-13,16-17H2,1-3H3,(H2,28,34)(H,29,35)/t18-,23-,24+,25-/m0/s1. The third kappa shape index (κ3) is 7.11. The molecule has 1 heterocycles. The molecular formula is C27H38N4O5. The second kappa shape index (κ2) is 12.9. The van der Waals surface area contributed by atoms with Crippen LogP contribution >= 0.6 is 0 Å². The molecule has 3 rings (SSSR count). The van der Waals surface area contributed by atoms with Gasteiger partial charge in [-0.3, -0.25) is 14.4 Å². The molecule has 0 radical (unpaired) electrons. The van der Waals surface area contributed by atoms with Crippen LogP contribution in [0.15, 0.2) is 48.5 Å². The van der Waals surface area contributed by atoms with Gasteiger partial charge in [0.05, 0.1) is 19.3 Å². The molecule has 9 nitrogen and oxygen atoms in total. The molecule has 0 bridgehead atoms. The number of nitrogens with one attached hydrogen (secondary N) is 1. The van der Waals surface area contributed by atoms with Gasteiger partial charge >= 0.3 is 0 Å². The van der Waals surface area contributed by atoms with Gasteiger partial charge in [-0.25, -0.2) is 0 Å². The third-order valence-corrected chi connectivity index (χ3v) is 6.44. The fourth-order valence-electron chi connectivity index (χ4n) is 4.63. The van der Waals surface area contributed by atoms with E-state index in [4.69, 9.17) is 10.6 Å². The highest BCUT2D eigenvalue weighted by Crippen LogP contribution is 2.32. The highest BCUT2D eigenvalue weighted by molar-refractivity contribution is 5.95. The summed E-state index contributed by atoms with van der Waals surface area (Å²) in [6.45, 7) is 3.09. The number of hydrogen-bond donors (Lipinski definition) is 4. The van der Waals surface area contributed by atoms with E-state index in [1.807, 2.05) is 56.6 Å². The number of amides is 2. The minimum absolute atomic E-state index is 0.105. The molecule has 1 aliphatic heterocycles. The van der Waals surface area contributed by atoms with Gasteiger partial charge in [0, 0.05) is 18.0 Å². The van der Waals surface area contributed by atoms with Crippen molar-refractivity contribution in [3.05, 3.63) is 59.7 Å². The van der Waals surface area contributed by atoms with Gasteiger partial charge < -0.3 is 26.2 Å². The third-order valence-electron chi connectivity index (χ3n) is 6.44. The van der Waals surface area contributed by atoms with Crippen LogP contribution in [-0.2, 0) is 16.2 Å². The maximum absolute atomic E-state index is 12.6. The minimum atomic E-state index is -0.877. The molecule has 1 aliphatic rings. The normalized spacial score (nSPS) is 21.0. The van der Waals surface area contributed by atoms with Crippen molar-refractivity contribution in [2.45, 2.75) is 44.6 Å². The Hall–Kier alpha value is -2.82. The van der Waals surface area contributed by atoms with E-state index in [1.165, 1.54) is 5.06 Å². The monoisotopic (exact) mass is 498 g/mol. The van der Waals surface area contributed by atoms with Crippen LogP contribution in [0.1, 0.15) is 35.7 Å². The van der Waals surface area contributed by atoms with Crippen molar-refractivity contribution in [3.63, 3.8) is 0 Å². The van der Waals surface area contributed by atoms with Crippen molar-refractivity contribution in [2.24, 2.45) is 11.7 Å². The Morgan fingerprint density at radius 3 is 2.47 bits per heavy atom. The van der Waals surface area contributed by atoms with Crippen LogP contribution in [0, 0.1) is 5.92 Å². The number of aliphatic hydroxyl groups excluding tert-OH is 2. The largest absolute Gasteiger partial charge is 0.394 e. The van der Waals surface area contributed by atoms with Crippen molar-refractivity contribution in [1.82, 2.24) is 15.3 Å². The van der Waals surface area contributed by atoms with Crippen molar-refractivity contribution in [1.29, 1.82) is 0 Å². The molecule has 2 aromatic rings. The Bertz CT molecular complexity index is 1030. The number of nitrogens with zero attached hydrogens (tertiary/aromatic N) is 2. The highest BCUT2D eigenvalue weighted by atomic mass is 16.7. The van der Waals surface area contributed by atoms with Crippen molar-refractivity contribution in [2.75, 3.05) is 33.8 Å². The Morgan fingerprint density at radius 1 is 1.14 bits per heavy atom. The molecule has 1 saturated heterocycles. The lowest BCUT2D eigenvalue weighted by Crippen LogP contribution is -2.47. The lowest BCUT2D eigenvalue weighted by Gasteiger charge is -2.24. The van der Waals surface area contributed by atoms with E-state index in [1.54, 1.807) is 13.0 Å². The van der Waals surface area contributed by atoms with Gasteiger partial charge in [0.2, 0.25) is 5.91 Å². The summed E-state index contributed by atoms with van der Waals surface area (Å²) >= 11 is 0. The van der Waals surface area contributed by atoms with Crippen LogP contribution in [0.2, 0.25) is 0 Å². The second-order valence-electron chi connectivity index (χ2n) is 9.61. The van der Waals surface area contributed by atoms with Crippen LogP contribution < -0.4 is 11.1 Å². The van der Waals surface area contributed by atoms with E-state index in [9.17, 15) is 19.8 Å². The minimum Gasteiger partial charge on any atom is -0.394 e. The first kappa shape index (κ1) is 27.8. The number of nitrogens with two attached hydrogens (primary N) is 1. The predicted molar refractivity (Wildman–Crippen MR) is 138 cm³/mol. The maximum atomic E-state index is 12.6. The molecule has 36 heavy (non-hydrogen) atoms. The molecule has 2 amide bonds. The summed E-state index contributed by atoms with van der Waals surface area (Å²) in [6, 6.07) is 14.3. The first-order valence-electron chi connectivity index (χ1n) is 12.3. The molecule has 0 aromatic heterocycles. The lowest BCUT2D eigenvalue weighted by molar-refractivity contribution is -0.180. The van der Waals surface area contributed by atoms with Crippen LogP contribution in [0.5, 0.6) is 0 Å². The van der Waals surface area contributed by atoms with Crippen molar-refractivity contribution in [3.8, 4) is 11.1 Å². The fraction of sp³-hybridized carbons (Fsp3) is 0.481. The zero-order valence-corrected chi connectivity index (χ0v) is 21.3. The van der Waals surface area contributed by atoms with Gasteiger partial charge in [0.25, 0.3) is 5.91 Å². The predicted octanol–water partition coefficient (Wildman–Crippen LogP) is 1.38. The Morgan fingerprint density at radius 2 is 1.83 bits per heavy atom. The SMILES string of the molecule is C[C@H](O)[C@@H]1[C@H](CO)ON(Cc2cccc(-c3cccc(C(=O)NCCCCN(C)C)c3)c2)[C@@H]1C(N)=O. The van der Waals surface area contributed by atoms with E-state index in [2.05, 4.69) is 10.2 Å². The maximum Gasteiger partial charge on any atom is 0.251 e. The van der Waals surface area contributed by atoms with Gasteiger partial charge in [-0.05, 0) is 75.3 Å². The molecule has 1 fully saturated rings. The van der Waals surface area contributed by atoms with Crippen LogP contribution in [0.4, 0.5) is 0 Å². The highest BCUT2D eigenvalue weighted by Gasteiger charge is 2.48. The van der Waals surface area contributed by atoms with Gasteiger partial charge in [-0.15, -0.1) is 0 Å². The summed E-state index contributed by atoms with van der Waals surface area (Å²) in [4.78, 5) is 32.7. The van der Waals surface area contributed by atoms with Crippen molar-refractivity contribution < 1.29 is 24.6 Å². The Kier molecular flexibility index (Phi) is 9.98. The van der Waals surface area contributed by atoms with Crippen LogP contribution in [0.25, 0.3) is 11.1 Å². The first-order valence-corrected chi connectivity index (χ1v) is 12.3. The molecule has 4 atom stereocenters. The summed E-state index contributed by atoms with van der Waals surface area (Å²) in [7, 11) is 4.07. The number of hydrogen-bond acceptors (Lipinski definition) is 7. The molecular weight excluding hydrogens is 460 g/mol. The summed E-state index contributed by atoms with van der Waals surface area (Å²) in [6.07, 6.45) is 0.347. The lowest BCUT2D eigenvalue weighted by atomic mass is 9.89. The quantitative estimate of drug-likeness (QED) is 0.326. The van der Waals surface area contributed by atoms with Gasteiger partial charge in [0.1, 0.15) is 12.1 Å². The number of benzene rings is 2. The number of hydroxylamine groups is 2. The zero-order chi connectivity index (χ0) is 26.2. The van der Waals surface area contributed by atoms with E-state index >= 15 is 0 Å². The number of carbonyl (C=O) groups is 2. The van der Waals surface area contributed by atoms with E-state index in [0.717, 1.165) is 36.1 Å². The zero-order valence-electron chi connectivity index (χ0n) is 21.3. The van der Waals surface area contributed by atoms with Gasteiger partial charge in [-0.1, -0.05) is 30.3 Å². The van der Waals surface area contributed by atoms with Crippen LogP contribution in [-0.4, -0.2) is 84.0 Å². The van der Waals surface area contributed by atoms with E-state index < -0.39 is 30.1 Å². The van der Waals surface area contributed by atoms with Gasteiger partial charge in [-0.2, -0.15) is 5.06 Å². The van der Waals surface area contributed by atoms with Crippen molar-refractivity contribution >= 4 is 11.8 Å². The summed E-state index contributed by atoms with van der Waals surface area (Å²) in [5.74, 6) is -1.35. The molecule has 0 aliphatic carbocycles. The fourth-order valence-corrected chi connectivity index (χ4v) is 4.63. The number of primary amides is 1. The van der Waals surface area contributed by atoms with E-state index in [-0.39, 0.29) is 19.1 Å². The van der Waals surface area contributed by atoms with Gasteiger partial charge in [0.15, 0.2) is 0 Å². The summed E-state index contributed by atoms with van der Waals surface area (Å²) < 4.78 is 0. The van der Waals surface area contributed by atoms with Crippen LogP contribution in [0.3, 0.4) is 0 Å². The first-order chi connectivity index (χ1) is 17.2. The smallest absolute Gasteiger partial charge is 0.251 e. The summed E-state index contributed by atoms with van der Waals surface area (Å²) in [5.41, 5.74) is 8.87. The number of rotatable bonds is 12. The molecule has 5 N–H and O–H groups in total. The molecule has 0 saturated carbocycles. The average Bonchev–Trinajstić information content (AvgIpc) is 3.22. The number of aliphatic hydroxyl groups is 2. The molecule has 9 heteroatoms. The molecule has 0 spiro atoms. The second-order valence-corrected chi connectivity index (χ2v) is 9.61. The molecule has 0 unspecified atom stereocenters. The Labute approximate surface area is 212 Å². The Balaban J connectivity index is 1.70. The molecule has 2 aromatic carbocycles.